The van der Waals surface area contributed by atoms with Crippen LogP contribution in [0.25, 0.3) is 0 Å². The van der Waals surface area contributed by atoms with Crippen LogP contribution >= 0.6 is 0 Å². The van der Waals surface area contributed by atoms with Gasteiger partial charge in [-0.1, -0.05) is 19.8 Å². The van der Waals surface area contributed by atoms with Gasteiger partial charge in [-0.25, -0.2) is 0 Å². The Balaban J connectivity index is 2.73. The maximum Gasteiger partial charge on any atom is 0.273 e. The molecule has 1 aromatic carbocycles. The van der Waals surface area contributed by atoms with Crippen LogP contribution in [-0.2, 0) is 0 Å². The van der Waals surface area contributed by atoms with Gasteiger partial charge in [0, 0.05) is 12.1 Å². The molecule has 0 bridgehead atoms. The van der Waals surface area contributed by atoms with Crippen molar-refractivity contribution in [1.82, 2.24) is 0 Å². The number of rotatable bonds is 6. The van der Waals surface area contributed by atoms with Crippen molar-refractivity contribution in [2.75, 3.05) is 0 Å². The summed E-state index contributed by atoms with van der Waals surface area (Å²) in [6.45, 7) is 6.38. The monoisotopic (exact) mass is 252 g/mol. The molecule has 1 radical (unpaired) electrons. The zero-order valence-electron chi connectivity index (χ0n) is 10.5. The number of nitrogens with zero attached hydrogens (tertiary/aromatic N) is 1. The smallest absolute Gasteiger partial charge is 0.273 e. The van der Waals surface area contributed by atoms with E-state index in [1.165, 1.54) is 18.2 Å². The van der Waals surface area contributed by atoms with Crippen molar-refractivity contribution in [2.45, 2.75) is 38.9 Å². The van der Waals surface area contributed by atoms with Crippen molar-refractivity contribution in [3.63, 3.8) is 0 Å². The second-order valence-corrected chi connectivity index (χ2v) is 8.86. The second kappa shape index (κ2) is 5.81. The van der Waals surface area contributed by atoms with E-state index in [-0.39, 0.29) is 5.69 Å². The second-order valence-electron chi connectivity index (χ2n) is 4.63. The SMILES string of the molecule is CCCC[Si](C)(C)Oc1[c]ccc([N+](=O)[O-])c1. The first-order chi connectivity index (χ1) is 7.94. The van der Waals surface area contributed by atoms with E-state index in [2.05, 4.69) is 26.1 Å². The summed E-state index contributed by atoms with van der Waals surface area (Å²) in [5.41, 5.74) is 0.0547. The van der Waals surface area contributed by atoms with Crippen molar-refractivity contribution < 1.29 is 9.35 Å². The van der Waals surface area contributed by atoms with Crippen LogP contribution in [0, 0.1) is 16.2 Å². The number of hydrogen-bond acceptors (Lipinski definition) is 3. The lowest BCUT2D eigenvalue weighted by molar-refractivity contribution is -0.384. The third-order valence-electron chi connectivity index (χ3n) is 2.49. The van der Waals surface area contributed by atoms with Crippen LogP contribution in [0.3, 0.4) is 0 Å². The van der Waals surface area contributed by atoms with Gasteiger partial charge in [-0.05, 0) is 25.2 Å². The summed E-state index contributed by atoms with van der Waals surface area (Å²) < 4.78 is 5.87. The van der Waals surface area contributed by atoms with Crippen molar-refractivity contribution in [2.24, 2.45) is 0 Å². The van der Waals surface area contributed by atoms with Gasteiger partial charge in [0.1, 0.15) is 5.75 Å². The number of nitro groups is 1. The van der Waals surface area contributed by atoms with Crippen LogP contribution < -0.4 is 4.43 Å². The molecule has 0 spiro atoms. The minimum Gasteiger partial charge on any atom is -0.543 e. The van der Waals surface area contributed by atoms with E-state index in [0.29, 0.717) is 5.75 Å². The van der Waals surface area contributed by atoms with E-state index < -0.39 is 13.2 Å². The van der Waals surface area contributed by atoms with Crippen LogP contribution in [0.5, 0.6) is 5.75 Å². The molecular formula is C12H18NO3Si. The zero-order valence-corrected chi connectivity index (χ0v) is 11.5. The van der Waals surface area contributed by atoms with Gasteiger partial charge in [-0.2, -0.15) is 0 Å². The molecule has 5 heteroatoms. The van der Waals surface area contributed by atoms with E-state index >= 15 is 0 Å². The molecule has 1 rings (SSSR count). The standard InChI is InChI=1S/C12H18NO3Si/c1-4-5-9-17(2,3)16-12-8-6-7-11(10-12)13(14)15/h6-7,10H,4-5,9H2,1-3H3. The molecule has 0 saturated carbocycles. The molecule has 0 saturated heterocycles. The minimum atomic E-state index is -1.78. The molecule has 0 aliphatic carbocycles. The van der Waals surface area contributed by atoms with Gasteiger partial charge in [-0.3, -0.25) is 10.1 Å². The molecule has 0 aliphatic rings. The Hall–Kier alpha value is -1.36. The van der Waals surface area contributed by atoms with Gasteiger partial charge in [-0.15, -0.1) is 0 Å². The summed E-state index contributed by atoms with van der Waals surface area (Å²) in [4.78, 5) is 10.2. The van der Waals surface area contributed by atoms with Gasteiger partial charge < -0.3 is 4.43 Å². The number of hydrogen-bond donors (Lipinski definition) is 0. The Bertz CT molecular complexity index is 393. The van der Waals surface area contributed by atoms with Crippen LogP contribution in [0.1, 0.15) is 19.8 Å². The maximum atomic E-state index is 10.6. The number of benzene rings is 1. The normalized spacial score (nSPS) is 11.2. The van der Waals surface area contributed by atoms with Gasteiger partial charge in [0.15, 0.2) is 0 Å². The predicted octanol–water partition coefficient (Wildman–Crippen LogP) is 3.78. The maximum absolute atomic E-state index is 10.6. The molecule has 0 N–H and O–H groups in total. The summed E-state index contributed by atoms with van der Waals surface area (Å²) >= 11 is 0. The van der Waals surface area contributed by atoms with Gasteiger partial charge in [0.05, 0.1) is 11.0 Å². The Kier molecular flexibility index (Phi) is 4.69. The molecule has 0 amide bonds. The lowest BCUT2D eigenvalue weighted by Gasteiger charge is -2.23. The highest BCUT2D eigenvalue weighted by Crippen LogP contribution is 2.23. The number of unbranched alkanes of at least 4 members (excludes halogenated alkanes) is 1. The molecule has 0 heterocycles. The van der Waals surface area contributed by atoms with E-state index in [9.17, 15) is 10.1 Å². The number of nitro benzene ring substituents is 1. The summed E-state index contributed by atoms with van der Waals surface area (Å²) in [5.74, 6) is 0.493. The fraction of sp³-hybridized carbons (Fsp3) is 0.500. The summed E-state index contributed by atoms with van der Waals surface area (Å²) in [7, 11) is -1.78. The topological polar surface area (TPSA) is 52.4 Å². The summed E-state index contributed by atoms with van der Waals surface area (Å²) in [5, 5.41) is 10.6. The lowest BCUT2D eigenvalue weighted by atomic mass is 10.3. The molecule has 0 aliphatic heterocycles. The average Bonchev–Trinajstić information content (AvgIpc) is 2.26. The van der Waals surface area contributed by atoms with Gasteiger partial charge >= 0.3 is 0 Å². The molecule has 17 heavy (non-hydrogen) atoms. The van der Waals surface area contributed by atoms with Crippen molar-refractivity contribution in [3.8, 4) is 5.75 Å². The molecular weight excluding hydrogens is 234 g/mol. The average molecular weight is 252 g/mol. The Morgan fingerprint density at radius 1 is 1.53 bits per heavy atom. The molecule has 4 nitrogen and oxygen atoms in total. The minimum absolute atomic E-state index is 0.0547. The van der Waals surface area contributed by atoms with Crippen LogP contribution in [0.4, 0.5) is 5.69 Å². The molecule has 0 fully saturated rings. The quantitative estimate of drug-likeness (QED) is 0.440. The first kappa shape index (κ1) is 13.7. The molecule has 93 valence electrons. The van der Waals surface area contributed by atoms with E-state index in [1.54, 1.807) is 0 Å². The Labute approximate surface area is 103 Å². The fourth-order valence-electron chi connectivity index (χ4n) is 1.56. The lowest BCUT2D eigenvalue weighted by Crippen LogP contribution is -2.33. The summed E-state index contributed by atoms with van der Waals surface area (Å²) in [6, 6.07) is 8.37. The first-order valence-corrected chi connectivity index (χ1v) is 8.91. The van der Waals surface area contributed by atoms with E-state index in [0.717, 1.165) is 18.9 Å². The highest BCUT2D eigenvalue weighted by Gasteiger charge is 2.24. The molecule has 0 atom stereocenters. The number of non-ortho nitro benzene ring substituents is 1. The van der Waals surface area contributed by atoms with Crippen LogP contribution in [0.2, 0.25) is 19.1 Å². The van der Waals surface area contributed by atoms with Gasteiger partial charge in [0.2, 0.25) is 8.32 Å². The third kappa shape index (κ3) is 4.56. The molecule has 1 aromatic rings. The van der Waals surface area contributed by atoms with Crippen molar-refractivity contribution >= 4 is 14.0 Å². The Morgan fingerprint density at radius 2 is 2.24 bits per heavy atom. The largest absolute Gasteiger partial charge is 0.543 e. The summed E-state index contributed by atoms with van der Waals surface area (Å²) in [6.07, 6.45) is 2.27. The fourth-order valence-corrected chi connectivity index (χ4v) is 3.58. The highest BCUT2D eigenvalue weighted by atomic mass is 28.4. The van der Waals surface area contributed by atoms with E-state index in [4.69, 9.17) is 4.43 Å². The van der Waals surface area contributed by atoms with Crippen molar-refractivity contribution in [3.05, 3.63) is 34.4 Å². The predicted molar refractivity (Wildman–Crippen MR) is 69.8 cm³/mol. The van der Waals surface area contributed by atoms with Crippen molar-refractivity contribution in [1.29, 1.82) is 0 Å². The molecule has 0 unspecified atom stereocenters. The first-order valence-electron chi connectivity index (χ1n) is 5.80. The Morgan fingerprint density at radius 3 is 2.82 bits per heavy atom. The van der Waals surface area contributed by atoms with Gasteiger partial charge in [0.25, 0.3) is 5.69 Å². The third-order valence-corrected chi connectivity index (χ3v) is 4.82. The van der Waals surface area contributed by atoms with E-state index in [1.807, 2.05) is 0 Å². The highest BCUT2D eigenvalue weighted by molar-refractivity contribution is 6.71. The van der Waals surface area contributed by atoms with Crippen LogP contribution in [-0.4, -0.2) is 13.2 Å². The molecule has 0 aromatic heterocycles. The zero-order chi connectivity index (χ0) is 12.9. The van der Waals surface area contributed by atoms with Crippen LogP contribution in [0.15, 0.2) is 18.2 Å².